The fraction of sp³-hybridized carbons (Fsp3) is 0.214. The van der Waals surface area contributed by atoms with Gasteiger partial charge in [-0.05, 0) is 18.6 Å². The second-order valence-corrected chi connectivity index (χ2v) is 6.31. The van der Waals surface area contributed by atoms with Crippen LogP contribution in [0.2, 0.25) is 0 Å². The Morgan fingerprint density at radius 1 is 1.36 bits per heavy atom. The average Bonchev–Trinajstić information content (AvgIpc) is 3.15. The van der Waals surface area contributed by atoms with Crippen LogP contribution in [0.15, 0.2) is 45.5 Å². The van der Waals surface area contributed by atoms with Crippen molar-refractivity contribution in [3.8, 4) is 0 Å². The first kappa shape index (κ1) is 14.9. The van der Waals surface area contributed by atoms with Gasteiger partial charge in [-0.15, -0.1) is 11.3 Å². The summed E-state index contributed by atoms with van der Waals surface area (Å²) >= 11 is 2.93. The first-order chi connectivity index (χ1) is 10.8. The summed E-state index contributed by atoms with van der Waals surface area (Å²) in [5.41, 5.74) is 1.66. The highest BCUT2D eigenvalue weighted by atomic mass is 32.2. The van der Waals surface area contributed by atoms with E-state index in [0.29, 0.717) is 16.9 Å². The molecule has 6 nitrogen and oxygen atoms in total. The Kier molecular flexibility index (Phi) is 4.92. The summed E-state index contributed by atoms with van der Waals surface area (Å²) in [5, 5.41) is 8.52. The largest absolute Gasteiger partial charge is 0.431 e. The van der Waals surface area contributed by atoms with E-state index in [0.717, 1.165) is 23.3 Å². The summed E-state index contributed by atoms with van der Waals surface area (Å²) in [6.07, 6.45) is 2.48. The van der Waals surface area contributed by atoms with Crippen molar-refractivity contribution in [2.75, 3.05) is 17.6 Å². The summed E-state index contributed by atoms with van der Waals surface area (Å²) < 4.78 is 5.61. The molecule has 0 aliphatic rings. The van der Waals surface area contributed by atoms with E-state index in [4.69, 9.17) is 4.42 Å². The Morgan fingerprint density at radius 2 is 2.27 bits per heavy atom. The van der Waals surface area contributed by atoms with Crippen LogP contribution in [0.25, 0.3) is 11.1 Å². The van der Waals surface area contributed by atoms with Gasteiger partial charge in [-0.1, -0.05) is 23.9 Å². The Labute approximate surface area is 135 Å². The summed E-state index contributed by atoms with van der Waals surface area (Å²) in [4.78, 5) is 19.9. The van der Waals surface area contributed by atoms with Crippen LogP contribution >= 0.6 is 23.1 Å². The molecule has 0 saturated carbocycles. The molecule has 0 aliphatic carbocycles. The number of nitrogens with one attached hydrogen (secondary N) is 2. The van der Waals surface area contributed by atoms with E-state index in [1.807, 2.05) is 29.6 Å². The third-order valence-corrected chi connectivity index (χ3v) is 4.36. The first-order valence-corrected chi connectivity index (χ1v) is 8.60. The minimum atomic E-state index is -0.234. The molecule has 2 amide bonds. The van der Waals surface area contributed by atoms with Crippen LogP contribution in [0.1, 0.15) is 6.42 Å². The van der Waals surface area contributed by atoms with Gasteiger partial charge in [-0.2, -0.15) is 0 Å². The molecule has 0 fully saturated rings. The van der Waals surface area contributed by atoms with Crippen molar-refractivity contribution in [2.24, 2.45) is 0 Å². The smallest absolute Gasteiger partial charge is 0.321 e. The SMILES string of the molecule is O=C(NCCCSc1nc2ccccc2o1)Nc1nccs1. The highest BCUT2D eigenvalue weighted by Crippen LogP contribution is 2.23. The van der Waals surface area contributed by atoms with Crippen molar-refractivity contribution in [1.29, 1.82) is 0 Å². The number of benzene rings is 1. The van der Waals surface area contributed by atoms with Crippen LogP contribution in [-0.4, -0.2) is 28.3 Å². The maximum atomic E-state index is 11.6. The fourth-order valence-electron chi connectivity index (χ4n) is 1.77. The molecular weight excluding hydrogens is 320 g/mol. The second kappa shape index (κ2) is 7.28. The number of carbonyl (C=O) groups excluding carboxylic acids is 1. The van der Waals surface area contributed by atoms with Crippen LogP contribution < -0.4 is 10.6 Å². The van der Waals surface area contributed by atoms with Crippen molar-refractivity contribution in [1.82, 2.24) is 15.3 Å². The van der Waals surface area contributed by atoms with Gasteiger partial charge in [0, 0.05) is 23.9 Å². The van der Waals surface area contributed by atoms with E-state index in [9.17, 15) is 4.79 Å². The fourth-order valence-corrected chi connectivity index (χ4v) is 3.07. The molecule has 3 aromatic rings. The zero-order valence-corrected chi connectivity index (χ0v) is 13.2. The third kappa shape index (κ3) is 3.99. The molecule has 0 atom stereocenters. The molecule has 0 bridgehead atoms. The number of amides is 2. The first-order valence-electron chi connectivity index (χ1n) is 6.74. The summed E-state index contributed by atoms with van der Waals surface area (Å²) in [5.74, 6) is 0.824. The number of anilines is 1. The Balaban J connectivity index is 1.36. The van der Waals surface area contributed by atoms with Gasteiger partial charge in [0.25, 0.3) is 5.22 Å². The van der Waals surface area contributed by atoms with Gasteiger partial charge in [-0.25, -0.2) is 14.8 Å². The van der Waals surface area contributed by atoms with E-state index in [2.05, 4.69) is 20.6 Å². The monoisotopic (exact) mass is 334 g/mol. The van der Waals surface area contributed by atoms with E-state index in [1.165, 1.54) is 11.3 Å². The number of thioether (sulfide) groups is 1. The van der Waals surface area contributed by atoms with Gasteiger partial charge in [0.15, 0.2) is 10.7 Å². The molecule has 1 aromatic carbocycles. The van der Waals surface area contributed by atoms with E-state index in [1.54, 1.807) is 18.0 Å². The number of carbonyl (C=O) groups is 1. The average molecular weight is 334 g/mol. The molecule has 2 aromatic heterocycles. The zero-order chi connectivity index (χ0) is 15.2. The molecule has 8 heteroatoms. The number of thiazole rings is 1. The predicted molar refractivity (Wildman–Crippen MR) is 88.5 cm³/mol. The molecular formula is C14H14N4O2S2. The standard InChI is InChI=1S/C14H14N4O2S2/c19-12(18-13-16-7-9-21-13)15-6-3-8-22-14-17-10-4-1-2-5-11(10)20-14/h1-2,4-5,7,9H,3,6,8H2,(H2,15,16,18,19). The number of aromatic nitrogens is 2. The predicted octanol–water partition coefficient (Wildman–Crippen LogP) is 3.59. The highest BCUT2D eigenvalue weighted by molar-refractivity contribution is 7.99. The number of rotatable bonds is 6. The Morgan fingerprint density at radius 3 is 3.09 bits per heavy atom. The molecule has 0 aliphatic heterocycles. The van der Waals surface area contributed by atoms with Gasteiger partial charge in [0.05, 0.1) is 0 Å². The minimum absolute atomic E-state index is 0.234. The molecule has 2 heterocycles. The van der Waals surface area contributed by atoms with Crippen molar-refractivity contribution >= 4 is 45.4 Å². The molecule has 0 unspecified atom stereocenters. The van der Waals surface area contributed by atoms with Gasteiger partial charge >= 0.3 is 6.03 Å². The van der Waals surface area contributed by atoms with Crippen LogP contribution in [0.5, 0.6) is 0 Å². The lowest BCUT2D eigenvalue weighted by molar-refractivity contribution is 0.252. The number of urea groups is 1. The van der Waals surface area contributed by atoms with Crippen molar-refractivity contribution in [3.63, 3.8) is 0 Å². The number of oxazole rings is 1. The molecule has 3 rings (SSSR count). The molecule has 0 saturated heterocycles. The summed E-state index contributed by atoms with van der Waals surface area (Å²) in [7, 11) is 0. The number of hydrogen-bond acceptors (Lipinski definition) is 6. The van der Waals surface area contributed by atoms with Gasteiger partial charge < -0.3 is 9.73 Å². The van der Waals surface area contributed by atoms with Crippen molar-refractivity contribution in [2.45, 2.75) is 11.6 Å². The van der Waals surface area contributed by atoms with Crippen molar-refractivity contribution in [3.05, 3.63) is 35.8 Å². The lowest BCUT2D eigenvalue weighted by Gasteiger charge is -2.04. The van der Waals surface area contributed by atoms with Crippen LogP contribution in [0, 0.1) is 0 Å². The maximum Gasteiger partial charge on any atom is 0.321 e. The quantitative estimate of drug-likeness (QED) is 0.532. The lowest BCUT2D eigenvalue weighted by Crippen LogP contribution is -2.29. The topological polar surface area (TPSA) is 80.0 Å². The normalized spacial score (nSPS) is 10.7. The Hall–Kier alpha value is -2.06. The van der Waals surface area contributed by atoms with Gasteiger partial charge in [0.1, 0.15) is 5.52 Å². The van der Waals surface area contributed by atoms with Crippen molar-refractivity contribution < 1.29 is 9.21 Å². The van der Waals surface area contributed by atoms with E-state index >= 15 is 0 Å². The maximum absolute atomic E-state index is 11.6. The summed E-state index contributed by atoms with van der Waals surface area (Å²) in [6, 6.07) is 7.45. The number of para-hydroxylation sites is 2. The van der Waals surface area contributed by atoms with Crippen LogP contribution in [-0.2, 0) is 0 Å². The Bertz CT molecular complexity index is 709. The summed E-state index contributed by atoms with van der Waals surface area (Å²) in [6.45, 7) is 0.588. The molecule has 114 valence electrons. The molecule has 0 radical (unpaired) electrons. The third-order valence-electron chi connectivity index (χ3n) is 2.76. The van der Waals surface area contributed by atoms with Crippen LogP contribution in [0.4, 0.5) is 9.93 Å². The minimum Gasteiger partial charge on any atom is -0.431 e. The van der Waals surface area contributed by atoms with Crippen LogP contribution in [0.3, 0.4) is 0 Å². The highest BCUT2D eigenvalue weighted by Gasteiger charge is 2.06. The van der Waals surface area contributed by atoms with E-state index in [-0.39, 0.29) is 6.03 Å². The number of fused-ring (bicyclic) bond motifs is 1. The van der Waals surface area contributed by atoms with Gasteiger partial charge in [-0.3, -0.25) is 5.32 Å². The molecule has 2 N–H and O–H groups in total. The van der Waals surface area contributed by atoms with E-state index < -0.39 is 0 Å². The zero-order valence-electron chi connectivity index (χ0n) is 11.6. The molecule has 0 spiro atoms. The molecule has 22 heavy (non-hydrogen) atoms. The number of nitrogens with zero attached hydrogens (tertiary/aromatic N) is 2. The number of hydrogen-bond donors (Lipinski definition) is 2. The second-order valence-electron chi connectivity index (χ2n) is 4.37. The van der Waals surface area contributed by atoms with Gasteiger partial charge in [0.2, 0.25) is 0 Å². The lowest BCUT2D eigenvalue weighted by atomic mass is 10.3.